The van der Waals surface area contributed by atoms with E-state index in [2.05, 4.69) is 0 Å². The summed E-state index contributed by atoms with van der Waals surface area (Å²) in [6.07, 6.45) is 0. The summed E-state index contributed by atoms with van der Waals surface area (Å²) in [6, 6.07) is 16.1. The van der Waals surface area contributed by atoms with Gasteiger partial charge in [0.15, 0.2) is 0 Å². The fraction of sp³-hybridized carbons (Fsp3) is 0. The van der Waals surface area contributed by atoms with E-state index in [0.29, 0.717) is 0 Å². The average Bonchev–Trinajstić information content (AvgIpc) is 2.31. The van der Waals surface area contributed by atoms with Crippen LogP contribution in [0.25, 0.3) is 0 Å². The Bertz CT molecular complexity index is 441. The van der Waals surface area contributed by atoms with Crippen LogP contribution < -0.4 is 29.5 Å². The monoisotopic (exact) mass is 244 g/mol. The third-order valence-corrected chi connectivity index (χ3v) is 4.96. The zero-order chi connectivity index (χ0) is 11.7. The smallest absolute Gasteiger partial charge is 1.00 e. The van der Waals surface area contributed by atoms with E-state index in [4.69, 9.17) is 0 Å². The largest absolute Gasteiger partial charge is 1.00 e. The van der Waals surface area contributed by atoms with Crippen molar-refractivity contribution in [2.45, 2.75) is 0 Å². The van der Waals surface area contributed by atoms with Crippen LogP contribution in [-0.4, -0.2) is 14.7 Å². The van der Waals surface area contributed by atoms with Gasteiger partial charge in [-0.3, -0.25) is 0 Å². The first-order valence-electron chi connectivity index (χ1n) is 4.87. The van der Waals surface area contributed by atoms with Gasteiger partial charge in [0.2, 0.25) is 0 Å². The molecule has 0 atom stereocenters. The third kappa shape index (κ3) is 2.78. The number of hydrogen-bond acceptors (Lipinski definition) is 3. The summed E-state index contributed by atoms with van der Waals surface area (Å²) in [5, 5.41) is 0.277. The number of benzene rings is 2. The standard InChI is InChI=1S/C12H13O3P.Li.H/c13-16(14,15,11-7-3-1-4-8-11)12-9-5-2-6-10-12;;/h1-10,13-15H;;/q;+1;-1. The van der Waals surface area contributed by atoms with Crippen molar-refractivity contribution >= 4 is 17.9 Å². The Morgan fingerprint density at radius 1 is 0.647 bits per heavy atom. The first-order valence-corrected chi connectivity index (χ1v) is 6.96. The quantitative estimate of drug-likeness (QED) is 0.424. The molecule has 0 bridgehead atoms. The maximum Gasteiger partial charge on any atom is 1.00 e. The molecule has 5 heteroatoms. The van der Waals surface area contributed by atoms with Crippen LogP contribution in [0.4, 0.5) is 0 Å². The first-order chi connectivity index (χ1) is 7.49. The van der Waals surface area contributed by atoms with Crippen LogP contribution in [0.5, 0.6) is 0 Å². The molecule has 0 aliphatic carbocycles. The zero-order valence-electron chi connectivity index (χ0n) is 10.6. The minimum atomic E-state index is -4.93. The summed E-state index contributed by atoms with van der Waals surface area (Å²) in [5.74, 6) is 0. The fourth-order valence-electron chi connectivity index (χ4n) is 1.55. The maximum absolute atomic E-state index is 10.2. The van der Waals surface area contributed by atoms with Crippen LogP contribution >= 0.6 is 7.28 Å². The Morgan fingerprint density at radius 2 is 0.941 bits per heavy atom. The first kappa shape index (κ1) is 14.4. The summed E-state index contributed by atoms with van der Waals surface area (Å²) < 4.78 is 0. The van der Waals surface area contributed by atoms with Gasteiger partial charge in [-0.2, -0.15) is 0 Å². The Hall–Kier alpha value is -0.653. The van der Waals surface area contributed by atoms with Crippen molar-refractivity contribution in [1.82, 2.24) is 0 Å². The fourth-order valence-corrected chi connectivity index (χ4v) is 3.29. The van der Waals surface area contributed by atoms with Gasteiger partial charge >= 0.3 is 112 Å². The molecule has 17 heavy (non-hydrogen) atoms. The molecular weight excluding hydrogens is 230 g/mol. The van der Waals surface area contributed by atoms with Gasteiger partial charge in [0.05, 0.1) is 0 Å². The predicted octanol–water partition coefficient (Wildman–Crippen LogP) is -1.97. The second-order valence-electron chi connectivity index (χ2n) is 3.65. The average molecular weight is 244 g/mol. The Morgan fingerprint density at radius 3 is 1.24 bits per heavy atom. The molecule has 0 radical (unpaired) electrons. The molecule has 0 saturated carbocycles. The van der Waals surface area contributed by atoms with Crippen LogP contribution in [0.15, 0.2) is 60.7 Å². The van der Waals surface area contributed by atoms with Gasteiger partial charge in [-0.25, -0.2) is 0 Å². The van der Waals surface area contributed by atoms with Gasteiger partial charge in [-0.15, -0.1) is 0 Å². The Balaban J connectivity index is 0.00000144. The summed E-state index contributed by atoms with van der Waals surface area (Å²) in [6.45, 7) is 0. The molecule has 86 valence electrons. The topological polar surface area (TPSA) is 60.7 Å². The molecule has 3 N–H and O–H groups in total. The molecule has 0 saturated heterocycles. The molecule has 0 aromatic heterocycles. The molecule has 0 unspecified atom stereocenters. The van der Waals surface area contributed by atoms with Gasteiger partial charge in [0.25, 0.3) is 0 Å². The molecule has 0 heterocycles. The van der Waals surface area contributed by atoms with E-state index in [1.165, 1.54) is 24.3 Å². The molecule has 0 aliphatic rings. The predicted molar refractivity (Wildman–Crippen MR) is 66.8 cm³/mol. The van der Waals surface area contributed by atoms with E-state index in [1.54, 1.807) is 36.4 Å². The van der Waals surface area contributed by atoms with E-state index in [0.717, 1.165) is 0 Å². The summed E-state index contributed by atoms with van der Waals surface area (Å²) >= 11 is 0. The van der Waals surface area contributed by atoms with Crippen molar-refractivity contribution in [2.24, 2.45) is 0 Å². The van der Waals surface area contributed by atoms with Crippen molar-refractivity contribution in [3.05, 3.63) is 60.7 Å². The van der Waals surface area contributed by atoms with Crippen LogP contribution in [0.3, 0.4) is 0 Å². The molecule has 0 spiro atoms. The Kier molecular flexibility index (Phi) is 4.17. The second-order valence-corrected chi connectivity index (χ2v) is 6.64. The van der Waals surface area contributed by atoms with Gasteiger partial charge < -0.3 is 1.43 Å². The molecule has 0 amide bonds. The second kappa shape index (κ2) is 4.92. The van der Waals surface area contributed by atoms with E-state index >= 15 is 0 Å². The molecule has 0 fully saturated rings. The van der Waals surface area contributed by atoms with E-state index in [9.17, 15) is 14.7 Å². The summed E-state index contributed by atoms with van der Waals surface area (Å²) in [7, 11) is -4.93. The molecule has 0 aliphatic heterocycles. The van der Waals surface area contributed by atoms with E-state index in [-0.39, 0.29) is 30.9 Å². The Labute approximate surface area is 114 Å². The van der Waals surface area contributed by atoms with E-state index in [1.807, 2.05) is 0 Å². The van der Waals surface area contributed by atoms with Crippen molar-refractivity contribution < 1.29 is 35.0 Å². The molecule has 2 rings (SSSR count). The minimum Gasteiger partial charge on any atom is -1.00 e. The minimum absolute atomic E-state index is 0. The van der Waals surface area contributed by atoms with Crippen LogP contribution in [0.1, 0.15) is 1.43 Å². The molecular formula is C12H14LiO3P. The number of rotatable bonds is 2. The van der Waals surface area contributed by atoms with Crippen LogP contribution in [-0.2, 0) is 0 Å². The van der Waals surface area contributed by atoms with Crippen molar-refractivity contribution in [3.8, 4) is 0 Å². The van der Waals surface area contributed by atoms with Gasteiger partial charge in [0, 0.05) is 0 Å². The number of hydrogen-bond donors (Lipinski definition) is 3. The normalized spacial score (nSPS) is 13.2. The van der Waals surface area contributed by atoms with E-state index < -0.39 is 7.28 Å². The van der Waals surface area contributed by atoms with Gasteiger partial charge in [0.1, 0.15) is 0 Å². The van der Waals surface area contributed by atoms with Gasteiger partial charge in [-0.05, 0) is 0 Å². The SMILES string of the molecule is OP(O)(O)(c1ccccc1)c1ccccc1.[H-].[Li+]. The summed E-state index contributed by atoms with van der Waals surface area (Å²) in [5.41, 5.74) is 0. The summed E-state index contributed by atoms with van der Waals surface area (Å²) in [4.78, 5) is 30.5. The van der Waals surface area contributed by atoms with Crippen LogP contribution in [0, 0.1) is 0 Å². The third-order valence-electron chi connectivity index (χ3n) is 2.46. The van der Waals surface area contributed by atoms with Crippen LogP contribution in [0.2, 0.25) is 0 Å². The maximum atomic E-state index is 10.2. The molecule has 2 aromatic carbocycles. The van der Waals surface area contributed by atoms with Crippen molar-refractivity contribution in [1.29, 1.82) is 0 Å². The van der Waals surface area contributed by atoms with Gasteiger partial charge in [-0.1, -0.05) is 0 Å². The zero-order valence-corrected chi connectivity index (χ0v) is 10.5. The van der Waals surface area contributed by atoms with Crippen molar-refractivity contribution in [2.75, 3.05) is 0 Å². The molecule has 3 nitrogen and oxygen atoms in total. The van der Waals surface area contributed by atoms with Crippen molar-refractivity contribution in [3.63, 3.8) is 0 Å². The molecule has 2 aromatic rings.